The fourth-order valence-electron chi connectivity index (χ4n) is 1.75. The van der Waals surface area contributed by atoms with Gasteiger partial charge >= 0.3 is 0 Å². The maximum absolute atomic E-state index is 13.8. The smallest absolute Gasteiger partial charge is 0.127 e. The Labute approximate surface area is 115 Å². The first-order chi connectivity index (χ1) is 8.11. The fraction of sp³-hybridized carbons (Fsp3) is 0.600. The molecule has 0 aliphatic carbocycles. The highest BCUT2D eigenvalue weighted by molar-refractivity contribution is 6.31. The van der Waals surface area contributed by atoms with Crippen LogP contribution in [-0.2, 0) is 6.42 Å². The quantitative estimate of drug-likeness (QED) is 0.854. The van der Waals surface area contributed by atoms with Gasteiger partial charge in [0.2, 0.25) is 0 Å². The van der Waals surface area contributed by atoms with Crippen LogP contribution in [0.5, 0.6) is 0 Å². The van der Waals surface area contributed by atoms with Crippen LogP contribution in [0.3, 0.4) is 0 Å². The molecular formula is C15H23ClFN. The highest BCUT2D eigenvalue weighted by Crippen LogP contribution is 2.28. The van der Waals surface area contributed by atoms with Crippen molar-refractivity contribution in [1.82, 2.24) is 5.32 Å². The lowest BCUT2D eigenvalue weighted by Gasteiger charge is -2.31. The first-order valence-corrected chi connectivity index (χ1v) is 6.66. The molecule has 0 heterocycles. The first kappa shape index (κ1) is 15.5. The van der Waals surface area contributed by atoms with Crippen LogP contribution in [0, 0.1) is 11.2 Å². The molecule has 1 aromatic carbocycles. The summed E-state index contributed by atoms with van der Waals surface area (Å²) in [6, 6.07) is 4.85. The summed E-state index contributed by atoms with van der Waals surface area (Å²) in [6.07, 6.45) is 0.627. The number of rotatable bonds is 4. The van der Waals surface area contributed by atoms with Crippen molar-refractivity contribution in [3.8, 4) is 0 Å². The SMILES string of the molecule is CC(C)(CNC(C)(C)C)Cc1c(F)cccc1Cl. The van der Waals surface area contributed by atoms with Gasteiger partial charge in [-0.3, -0.25) is 0 Å². The van der Waals surface area contributed by atoms with E-state index in [1.807, 2.05) is 0 Å². The molecule has 0 atom stereocenters. The normalized spacial score (nSPS) is 12.8. The van der Waals surface area contributed by atoms with Gasteiger partial charge < -0.3 is 5.32 Å². The van der Waals surface area contributed by atoms with Gasteiger partial charge in [-0.05, 0) is 44.7 Å². The Hall–Kier alpha value is -0.600. The van der Waals surface area contributed by atoms with Gasteiger partial charge in [0.1, 0.15) is 5.82 Å². The summed E-state index contributed by atoms with van der Waals surface area (Å²) < 4.78 is 13.8. The second-order valence-corrected chi connectivity index (χ2v) is 7.05. The maximum Gasteiger partial charge on any atom is 0.127 e. The largest absolute Gasteiger partial charge is 0.312 e. The van der Waals surface area contributed by atoms with Crippen LogP contribution < -0.4 is 5.32 Å². The summed E-state index contributed by atoms with van der Waals surface area (Å²) in [5.74, 6) is -0.216. The Bertz CT molecular complexity index is 387. The lowest BCUT2D eigenvalue weighted by atomic mass is 9.84. The number of benzene rings is 1. The molecule has 0 amide bonds. The molecule has 1 N–H and O–H groups in total. The second kappa shape index (κ2) is 5.58. The average Bonchev–Trinajstić information content (AvgIpc) is 2.20. The van der Waals surface area contributed by atoms with Crippen molar-refractivity contribution < 1.29 is 4.39 Å². The Morgan fingerprint density at radius 2 is 1.78 bits per heavy atom. The van der Waals surface area contributed by atoms with E-state index in [0.29, 0.717) is 17.0 Å². The molecule has 18 heavy (non-hydrogen) atoms. The van der Waals surface area contributed by atoms with E-state index in [0.717, 1.165) is 6.54 Å². The third-order valence-electron chi connectivity index (χ3n) is 2.81. The van der Waals surface area contributed by atoms with Gasteiger partial charge in [0.25, 0.3) is 0 Å². The van der Waals surface area contributed by atoms with Gasteiger partial charge in [-0.1, -0.05) is 31.5 Å². The van der Waals surface area contributed by atoms with E-state index in [9.17, 15) is 4.39 Å². The van der Waals surface area contributed by atoms with Crippen molar-refractivity contribution in [1.29, 1.82) is 0 Å². The average molecular weight is 272 g/mol. The monoisotopic (exact) mass is 271 g/mol. The topological polar surface area (TPSA) is 12.0 Å². The van der Waals surface area contributed by atoms with Gasteiger partial charge in [0.05, 0.1) is 0 Å². The number of hydrogen-bond acceptors (Lipinski definition) is 1. The highest BCUT2D eigenvalue weighted by atomic mass is 35.5. The molecule has 1 rings (SSSR count). The molecule has 0 bridgehead atoms. The van der Waals surface area contributed by atoms with E-state index >= 15 is 0 Å². The Balaban J connectivity index is 2.76. The zero-order chi connectivity index (χ0) is 14.0. The zero-order valence-electron chi connectivity index (χ0n) is 11.9. The lowest BCUT2D eigenvalue weighted by molar-refractivity contribution is 0.286. The molecule has 1 aromatic rings. The summed E-state index contributed by atoms with van der Waals surface area (Å²) >= 11 is 6.07. The molecule has 0 aromatic heterocycles. The molecule has 0 saturated heterocycles. The van der Waals surface area contributed by atoms with Crippen LogP contribution in [0.1, 0.15) is 40.2 Å². The van der Waals surface area contributed by atoms with E-state index in [-0.39, 0.29) is 16.8 Å². The molecule has 0 aliphatic rings. The van der Waals surface area contributed by atoms with E-state index in [2.05, 4.69) is 39.9 Å². The van der Waals surface area contributed by atoms with Crippen molar-refractivity contribution in [2.24, 2.45) is 5.41 Å². The first-order valence-electron chi connectivity index (χ1n) is 6.29. The summed E-state index contributed by atoms with van der Waals surface area (Å²) in [6.45, 7) is 11.4. The molecule has 0 radical (unpaired) electrons. The summed E-state index contributed by atoms with van der Waals surface area (Å²) in [4.78, 5) is 0. The summed E-state index contributed by atoms with van der Waals surface area (Å²) in [5.41, 5.74) is 0.634. The predicted octanol–water partition coefficient (Wildman–Crippen LogP) is 4.44. The molecule has 0 unspecified atom stereocenters. The van der Waals surface area contributed by atoms with E-state index < -0.39 is 0 Å². The van der Waals surface area contributed by atoms with Crippen LogP contribution in [0.15, 0.2) is 18.2 Å². The highest BCUT2D eigenvalue weighted by Gasteiger charge is 2.23. The van der Waals surface area contributed by atoms with Crippen molar-refractivity contribution in [2.45, 2.75) is 46.6 Å². The second-order valence-electron chi connectivity index (χ2n) is 6.64. The van der Waals surface area contributed by atoms with Gasteiger partial charge in [-0.15, -0.1) is 0 Å². The molecule has 0 spiro atoms. The van der Waals surface area contributed by atoms with Crippen molar-refractivity contribution in [3.05, 3.63) is 34.6 Å². The zero-order valence-corrected chi connectivity index (χ0v) is 12.7. The van der Waals surface area contributed by atoms with Gasteiger partial charge in [-0.2, -0.15) is 0 Å². The van der Waals surface area contributed by atoms with E-state index in [4.69, 9.17) is 11.6 Å². The summed E-state index contributed by atoms with van der Waals surface area (Å²) in [5, 5.41) is 3.97. The molecule has 102 valence electrons. The van der Waals surface area contributed by atoms with Crippen LogP contribution in [0.25, 0.3) is 0 Å². The third kappa shape index (κ3) is 4.95. The minimum absolute atomic E-state index is 0.0425. The molecular weight excluding hydrogens is 249 g/mol. The predicted molar refractivity (Wildman–Crippen MR) is 76.7 cm³/mol. The van der Waals surface area contributed by atoms with Gasteiger partial charge in [0.15, 0.2) is 0 Å². The van der Waals surface area contributed by atoms with Crippen LogP contribution in [0.2, 0.25) is 5.02 Å². The minimum atomic E-state index is -0.216. The Kier molecular flexibility index (Phi) is 4.79. The summed E-state index contributed by atoms with van der Waals surface area (Å²) in [7, 11) is 0. The van der Waals surface area contributed by atoms with Crippen LogP contribution >= 0.6 is 11.6 Å². The van der Waals surface area contributed by atoms with E-state index in [1.165, 1.54) is 6.07 Å². The van der Waals surface area contributed by atoms with Crippen molar-refractivity contribution in [3.63, 3.8) is 0 Å². The minimum Gasteiger partial charge on any atom is -0.312 e. The molecule has 0 fully saturated rings. The van der Waals surface area contributed by atoms with Crippen LogP contribution in [-0.4, -0.2) is 12.1 Å². The van der Waals surface area contributed by atoms with Crippen molar-refractivity contribution >= 4 is 11.6 Å². The lowest BCUT2D eigenvalue weighted by Crippen LogP contribution is -2.42. The van der Waals surface area contributed by atoms with Gasteiger partial charge in [-0.25, -0.2) is 4.39 Å². The third-order valence-corrected chi connectivity index (χ3v) is 3.17. The van der Waals surface area contributed by atoms with Crippen molar-refractivity contribution in [2.75, 3.05) is 6.54 Å². The maximum atomic E-state index is 13.8. The molecule has 0 saturated carbocycles. The fourth-order valence-corrected chi connectivity index (χ4v) is 1.98. The Morgan fingerprint density at radius 1 is 1.17 bits per heavy atom. The van der Waals surface area contributed by atoms with Crippen LogP contribution in [0.4, 0.5) is 4.39 Å². The molecule has 0 aliphatic heterocycles. The number of hydrogen-bond donors (Lipinski definition) is 1. The number of nitrogens with one attached hydrogen (secondary N) is 1. The van der Waals surface area contributed by atoms with E-state index in [1.54, 1.807) is 12.1 Å². The Morgan fingerprint density at radius 3 is 2.28 bits per heavy atom. The standard InChI is InChI=1S/C15H23ClFN/c1-14(2,3)18-10-15(4,5)9-11-12(16)7-6-8-13(11)17/h6-8,18H,9-10H2,1-5H3. The molecule has 3 heteroatoms. The van der Waals surface area contributed by atoms with Gasteiger partial charge in [0, 0.05) is 22.7 Å². The number of halogens is 2. The molecule has 1 nitrogen and oxygen atoms in total.